The maximum atomic E-state index is 13.4. The summed E-state index contributed by atoms with van der Waals surface area (Å²) in [5.74, 6) is -0.174. The Labute approximate surface area is 124 Å². The lowest BCUT2D eigenvalue weighted by Crippen LogP contribution is -2.20. The molecule has 1 aromatic heterocycles. The van der Waals surface area contributed by atoms with Gasteiger partial charge in [-0.15, -0.1) is 0 Å². The van der Waals surface area contributed by atoms with Crippen molar-refractivity contribution in [2.45, 2.75) is 26.3 Å². The quantitative estimate of drug-likeness (QED) is 0.909. The van der Waals surface area contributed by atoms with Crippen LogP contribution in [0.3, 0.4) is 0 Å². The average Bonchev–Trinajstić information content (AvgIpc) is 2.88. The number of fused-ring (bicyclic) bond motifs is 1. The Hall–Kier alpha value is -2.10. The largest absolute Gasteiger partial charge is 0.385 e. The van der Waals surface area contributed by atoms with Crippen LogP contribution < -0.4 is 10.2 Å². The van der Waals surface area contributed by atoms with E-state index in [1.807, 2.05) is 18.3 Å². The lowest BCUT2D eigenvalue weighted by atomic mass is 10.2. The van der Waals surface area contributed by atoms with E-state index in [4.69, 9.17) is 0 Å². The van der Waals surface area contributed by atoms with Crippen LogP contribution >= 0.6 is 0 Å². The van der Waals surface area contributed by atoms with Gasteiger partial charge in [0.2, 0.25) is 0 Å². The average molecular weight is 285 g/mol. The first kappa shape index (κ1) is 13.9. The van der Waals surface area contributed by atoms with Crippen molar-refractivity contribution < 1.29 is 4.39 Å². The standard InChI is InChI=1S/C17H20FN3/c1-2-7-19-15-5-8-20-16(11-15)12-21-9-6-13-3-4-14(18)10-17(13)21/h3-5,8,10-11H,2,6-7,9,12H2,1H3,(H,19,20). The molecule has 21 heavy (non-hydrogen) atoms. The van der Waals surface area contributed by atoms with E-state index in [-0.39, 0.29) is 5.82 Å². The third-order valence-electron chi connectivity index (χ3n) is 3.79. The molecule has 110 valence electrons. The first-order valence-corrected chi connectivity index (χ1v) is 7.48. The monoisotopic (exact) mass is 285 g/mol. The summed E-state index contributed by atoms with van der Waals surface area (Å²) in [7, 11) is 0. The van der Waals surface area contributed by atoms with Gasteiger partial charge in [0.15, 0.2) is 0 Å². The normalized spacial score (nSPS) is 13.3. The fourth-order valence-electron chi connectivity index (χ4n) is 2.72. The summed E-state index contributed by atoms with van der Waals surface area (Å²) >= 11 is 0. The minimum absolute atomic E-state index is 0.174. The van der Waals surface area contributed by atoms with Crippen LogP contribution in [0, 0.1) is 5.82 Å². The lowest BCUT2D eigenvalue weighted by molar-refractivity contribution is 0.627. The first-order chi connectivity index (χ1) is 10.3. The highest BCUT2D eigenvalue weighted by atomic mass is 19.1. The van der Waals surface area contributed by atoms with Gasteiger partial charge in [-0.2, -0.15) is 0 Å². The summed E-state index contributed by atoms with van der Waals surface area (Å²) in [5.41, 5.74) is 4.33. The summed E-state index contributed by atoms with van der Waals surface area (Å²) < 4.78 is 13.4. The number of aromatic nitrogens is 1. The highest BCUT2D eigenvalue weighted by Gasteiger charge is 2.20. The van der Waals surface area contributed by atoms with E-state index in [0.29, 0.717) is 0 Å². The molecule has 1 aliphatic rings. The van der Waals surface area contributed by atoms with Gasteiger partial charge in [-0.05, 0) is 42.7 Å². The van der Waals surface area contributed by atoms with Crippen molar-refractivity contribution in [3.8, 4) is 0 Å². The van der Waals surface area contributed by atoms with Crippen LogP contribution in [0.1, 0.15) is 24.6 Å². The molecule has 0 bridgehead atoms. The molecule has 0 unspecified atom stereocenters. The minimum atomic E-state index is -0.174. The van der Waals surface area contributed by atoms with Gasteiger partial charge in [-0.1, -0.05) is 13.0 Å². The van der Waals surface area contributed by atoms with Crippen LogP contribution in [0.2, 0.25) is 0 Å². The zero-order valence-electron chi connectivity index (χ0n) is 12.3. The second-order valence-corrected chi connectivity index (χ2v) is 5.41. The highest BCUT2D eigenvalue weighted by Crippen LogP contribution is 2.29. The number of pyridine rings is 1. The minimum Gasteiger partial charge on any atom is -0.385 e. The molecule has 0 saturated heterocycles. The third kappa shape index (κ3) is 3.15. The summed E-state index contributed by atoms with van der Waals surface area (Å²) in [6.45, 7) is 4.75. The predicted octanol–water partition coefficient (Wildman–Crippen LogP) is 3.61. The Morgan fingerprint density at radius 2 is 2.19 bits per heavy atom. The van der Waals surface area contributed by atoms with Crippen molar-refractivity contribution in [2.24, 2.45) is 0 Å². The number of halogens is 1. The van der Waals surface area contributed by atoms with Crippen LogP contribution in [0.25, 0.3) is 0 Å². The molecule has 0 spiro atoms. The van der Waals surface area contributed by atoms with Crippen LogP contribution in [0.15, 0.2) is 36.5 Å². The van der Waals surface area contributed by atoms with E-state index < -0.39 is 0 Å². The Bertz CT molecular complexity index is 627. The van der Waals surface area contributed by atoms with Gasteiger partial charge in [0.05, 0.1) is 12.2 Å². The Morgan fingerprint density at radius 1 is 1.29 bits per heavy atom. The van der Waals surface area contributed by atoms with Gasteiger partial charge < -0.3 is 10.2 Å². The lowest BCUT2D eigenvalue weighted by Gasteiger charge is -2.19. The number of nitrogens with one attached hydrogen (secondary N) is 1. The molecular weight excluding hydrogens is 265 g/mol. The van der Waals surface area contributed by atoms with Gasteiger partial charge in [-0.25, -0.2) is 4.39 Å². The second-order valence-electron chi connectivity index (χ2n) is 5.41. The van der Waals surface area contributed by atoms with Gasteiger partial charge in [0.1, 0.15) is 5.82 Å². The van der Waals surface area contributed by atoms with Crippen molar-refractivity contribution in [3.63, 3.8) is 0 Å². The number of hydrogen-bond acceptors (Lipinski definition) is 3. The molecule has 0 fully saturated rings. The number of rotatable bonds is 5. The Morgan fingerprint density at radius 3 is 3.05 bits per heavy atom. The second kappa shape index (κ2) is 6.12. The number of hydrogen-bond donors (Lipinski definition) is 1. The molecule has 0 saturated carbocycles. The summed E-state index contributed by atoms with van der Waals surface area (Å²) in [6.07, 6.45) is 3.90. The summed E-state index contributed by atoms with van der Waals surface area (Å²) in [4.78, 5) is 6.63. The molecule has 2 aromatic rings. The highest BCUT2D eigenvalue weighted by molar-refractivity contribution is 5.58. The fraction of sp³-hybridized carbons (Fsp3) is 0.353. The molecule has 4 heteroatoms. The van der Waals surface area contributed by atoms with Crippen molar-refractivity contribution in [1.29, 1.82) is 0 Å². The molecule has 1 aromatic carbocycles. The molecule has 3 rings (SSSR count). The molecular formula is C17H20FN3. The fourth-order valence-corrected chi connectivity index (χ4v) is 2.72. The maximum absolute atomic E-state index is 13.4. The molecule has 2 heterocycles. The van der Waals surface area contributed by atoms with E-state index in [9.17, 15) is 4.39 Å². The van der Waals surface area contributed by atoms with E-state index in [0.717, 1.165) is 49.5 Å². The molecule has 0 aliphatic carbocycles. The topological polar surface area (TPSA) is 28.2 Å². The van der Waals surface area contributed by atoms with Crippen LogP contribution in [0.5, 0.6) is 0 Å². The maximum Gasteiger partial charge on any atom is 0.125 e. The van der Waals surface area contributed by atoms with E-state index in [2.05, 4.69) is 28.2 Å². The van der Waals surface area contributed by atoms with Gasteiger partial charge in [0.25, 0.3) is 0 Å². The molecule has 1 N–H and O–H groups in total. The molecule has 0 amide bonds. The molecule has 1 aliphatic heterocycles. The Balaban J connectivity index is 1.75. The number of nitrogens with zero attached hydrogens (tertiary/aromatic N) is 2. The smallest absolute Gasteiger partial charge is 0.125 e. The van der Waals surface area contributed by atoms with E-state index in [1.54, 1.807) is 6.07 Å². The third-order valence-corrected chi connectivity index (χ3v) is 3.79. The molecule has 3 nitrogen and oxygen atoms in total. The number of anilines is 2. The van der Waals surface area contributed by atoms with Crippen LogP contribution in [-0.4, -0.2) is 18.1 Å². The van der Waals surface area contributed by atoms with Crippen molar-refractivity contribution in [1.82, 2.24) is 4.98 Å². The van der Waals surface area contributed by atoms with Crippen molar-refractivity contribution in [2.75, 3.05) is 23.3 Å². The zero-order chi connectivity index (χ0) is 14.7. The summed E-state index contributed by atoms with van der Waals surface area (Å²) in [6, 6.07) is 9.11. The van der Waals surface area contributed by atoms with Crippen molar-refractivity contribution in [3.05, 3.63) is 53.6 Å². The van der Waals surface area contributed by atoms with Gasteiger partial charge >= 0.3 is 0 Å². The SMILES string of the molecule is CCCNc1ccnc(CN2CCc3ccc(F)cc32)c1. The van der Waals surface area contributed by atoms with E-state index >= 15 is 0 Å². The molecule has 0 radical (unpaired) electrons. The zero-order valence-corrected chi connectivity index (χ0v) is 12.3. The van der Waals surface area contributed by atoms with Gasteiger partial charge in [-0.3, -0.25) is 4.98 Å². The number of benzene rings is 1. The van der Waals surface area contributed by atoms with Gasteiger partial charge in [0, 0.05) is 30.7 Å². The van der Waals surface area contributed by atoms with E-state index in [1.165, 1.54) is 11.6 Å². The first-order valence-electron chi connectivity index (χ1n) is 7.48. The van der Waals surface area contributed by atoms with Crippen LogP contribution in [0.4, 0.5) is 15.8 Å². The van der Waals surface area contributed by atoms with Crippen LogP contribution in [-0.2, 0) is 13.0 Å². The molecule has 0 atom stereocenters. The predicted molar refractivity (Wildman–Crippen MR) is 84.2 cm³/mol. The van der Waals surface area contributed by atoms with Crippen molar-refractivity contribution >= 4 is 11.4 Å². The summed E-state index contributed by atoms with van der Waals surface area (Å²) in [5, 5.41) is 3.37. The Kier molecular flexibility index (Phi) is 4.04.